The minimum atomic E-state index is -0.311. The molecule has 0 spiro atoms. The number of rotatable bonds is 2. The molecule has 1 fully saturated rings. The maximum Gasteiger partial charge on any atom is 0.332 e. The van der Waals surface area contributed by atoms with E-state index in [9.17, 15) is 9.59 Å². The molecule has 0 aromatic carbocycles. The zero-order chi connectivity index (χ0) is 20.5. The second-order valence-electron chi connectivity index (χ2n) is 9.42. The summed E-state index contributed by atoms with van der Waals surface area (Å²) >= 11 is 0. The fraction of sp³-hybridized carbons (Fsp3) is 0.667. The number of aromatic nitrogens is 5. The van der Waals surface area contributed by atoms with E-state index in [1.165, 1.54) is 15.6 Å². The van der Waals surface area contributed by atoms with Crippen LogP contribution in [0.3, 0.4) is 0 Å². The van der Waals surface area contributed by atoms with Crippen LogP contribution in [0.1, 0.15) is 64.4 Å². The van der Waals surface area contributed by atoms with E-state index in [1.54, 1.807) is 7.05 Å². The third kappa shape index (κ3) is 2.51. The first-order valence-electron chi connectivity index (χ1n) is 10.3. The van der Waals surface area contributed by atoms with Crippen molar-refractivity contribution in [2.45, 2.75) is 73.4 Å². The Morgan fingerprint density at radius 2 is 1.82 bits per heavy atom. The Morgan fingerprint density at radius 3 is 2.43 bits per heavy atom. The second kappa shape index (κ2) is 6.09. The Morgan fingerprint density at radius 1 is 1.14 bits per heavy atom. The summed E-state index contributed by atoms with van der Waals surface area (Å²) in [6.07, 6.45) is 3.42. The van der Waals surface area contributed by atoms with Crippen molar-refractivity contribution in [3.05, 3.63) is 32.2 Å². The SMILES string of the molecule is CCn1c(=O)c2c(nc3n([C@@H]4C[C@H](C)CC(C)(C)C4)c(C)c(C)n23)n(C)c1=O. The third-order valence-electron chi connectivity index (χ3n) is 6.61. The van der Waals surface area contributed by atoms with Gasteiger partial charge in [-0.2, -0.15) is 4.98 Å². The molecule has 0 amide bonds. The molecule has 0 bridgehead atoms. The molecule has 0 radical (unpaired) electrons. The van der Waals surface area contributed by atoms with E-state index < -0.39 is 0 Å². The van der Waals surface area contributed by atoms with E-state index in [1.807, 2.05) is 18.2 Å². The van der Waals surface area contributed by atoms with Crippen molar-refractivity contribution < 1.29 is 0 Å². The van der Waals surface area contributed by atoms with Gasteiger partial charge >= 0.3 is 5.69 Å². The highest BCUT2D eigenvalue weighted by molar-refractivity contribution is 5.76. The number of imidazole rings is 2. The summed E-state index contributed by atoms with van der Waals surface area (Å²) in [6.45, 7) is 13.3. The Balaban J connectivity index is 2.08. The average Bonchev–Trinajstić information content (AvgIpc) is 3.08. The van der Waals surface area contributed by atoms with Gasteiger partial charge in [0.1, 0.15) is 0 Å². The van der Waals surface area contributed by atoms with E-state index in [0.717, 1.165) is 30.0 Å². The zero-order valence-corrected chi connectivity index (χ0v) is 18.0. The molecule has 3 heterocycles. The van der Waals surface area contributed by atoms with Crippen molar-refractivity contribution >= 4 is 16.9 Å². The average molecular weight is 386 g/mol. The predicted molar refractivity (Wildman–Crippen MR) is 111 cm³/mol. The van der Waals surface area contributed by atoms with Crippen LogP contribution in [0, 0.1) is 25.2 Å². The second-order valence-corrected chi connectivity index (χ2v) is 9.42. The fourth-order valence-electron chi connectivity index (χ4n) is 5.48. The molecular formula is C21H31N5O2. The number of hydrogen-bond donors (Lipinski definition) is 0. The monoisotopic (exact) mass is 385 g/mol. The molecule has 28 heavy (non-hydrogen) atoms. The molecule has 152 valence electrons. The molecular weight excluding hydrogens is 354 g/mol. The number of aryl methyl sites for hydroxylation is 2. The van der Waals surface area contributed by atoms with E-state index in [4.69, 9.17) is 4.98 Å². The highest BCUT2D eigenvalue weighted by Gasteiger charge is 2.35. The number of fused-ring (bicyclic) bond motifs is 3. The van der Waals surface area contributed by atoms with Crippen LogP contribution in [0.4, 0.5) is 0 Å². The fourth-order valence-corrected chi connectivity index (χ4v) is 5.48. The van der Waals surface area contributed by atoms with Gasteiger partial charge in [0, 0.05) is 31.0 Å². The van der Waals surface area contributed by atoms with Crippen LogP contribution >= 0.6 is 0 Å². The summed E-state index contributed by atoms with van der Waals surface area (Å²) < 4.78 is 7.06. The summed E-state index contributed by atoms with van der Waals surface area (Å²) in [5.41, 5.74) is 2.84. The van der Waals surface area contributed by atoms with Crippen LogP contribution in [0.15, 0.2) is 9.59 Å². The van der Waals surface area contributed by atoms with Crippen molar-refractivity contribution in [2.24, 2.45) is 18.4 Å². The van der Waals surface area contributed by atoms with Crippen LogP contribution in [-0.4, -0.2) is 23.1 Å². The number of hydrogen-bond acceptors (Lipinski definition) is 3. The van der Waals surface area contributed by atoms with Crippen molar-refractivity contribution in [1.82, 2.24) is 23.1 Å². The molecule has 0 aliphatic heterocycles. The Hall–Kier alpha value is -2.31. The molecule has 1 aliphatic carbocycles. The Kier molecular flexibility index (Phi) is 4.14. The van der Waals surface area contributed by atoms with Crippen LogP contribution in [0.5, 0.6) is 0 Å². The maximum atomic E-state index is 13.1. The number of nitrogens with zero attached hydrogens (tertiary/aromatic N) is 5. The standard InChI is InChI=1S/C21H31N5O2/c1-8-24-18(27)16-17(23(7)20(24)28)22-19-25(13(3)14(4)26(16)19)15-9-12(2)10-21(5,6)11-15/h12,15H,8-11H2,1-7H3/t12-,15+/m0/s1. The lowest BCUT2D eigenvalue weighted by molar-refractivity contribution is 0.138. The highest BCUT2D eigenvalue weighted by atomic mass is 16.2. The Bertz CT molecular complexity index is 1200. The molecule has 7 heteroatoms. The van der Waals surface area contributed by atoms with Crippen molar-refractivity contribution in [2.75, 3.05) is 0 Å². The van der Waals surface area contributed by atoms with Crippen LogP contribution < -0.4 is 11.2 Å². The van der Waals surface area contributed by atoms with E-state index >= 15 is 0 Å². The van der Waals surface area contributed by atoms with Gasteiger partial charge in [-0.3, -0.25) is 18.3 Å². The molecule has 4 rings (SSSR count). The quantitative estimate of drug-likeness (QED) is 0.680. The topological polar surface area (TPSA) is 66.2 Å². The van der Waals surface area contributed by atoms with E-state index in [-0.39, 0.29) is 16.7 Å². The summed E-state index contributed by atoms with van der Waals surface area (Å²) in [7, 11) is 1.70. The van der Waals surface area contributed by atoms with Gasteiger partial charge in [-0.1, -0.05) is 20.8 Å². The minimum absolute atomic E-state index is 0.259. The summed E-state index contributed by atoms with van der Waals surface area (Å²) in [6, 6.07) is 0.345. The van der Waals surface area contributed by atoms with Gasteiger partial charge < -0.3 is 4.57 Å². The molecule has 2 atom stereocenters. The molecule has 0 saturated heterocycles. The first-order valence-corrected chi connectivity index (χ1v) is 10.3. The van der Waals surface area contributed by atoms with Gasteiger partial charge in [-0.05, 0) is 51.4 Å². The van der Waals surface area contributed by atoms with Gasteiger partial charge in [0.15, 0.2) is 11.2 Å². The van der Waals surface area contributed by atoms with Gasteiger partial charge in [0.05, 0.1) is 0 Å². The Labute approximate surface area is 164 Å². The third-order valence-corrected chi connectivity index (χ3v) is 6.61. The largest absolute Gasteiger partial charge is 0.332 e. The first-order chi connectivity index (χ1) is 13.1. The summed E-state index contributed by atoms with van der Waals surface area (Å²) in [4.78, 5) is 30.5. The summed E-state index contributed by atoms with van der Waals surface area (Å²) in [5.74, 6) is 1.42. The van der Waals surface area contributed by atoms with Gasteiger partial charge in [0.25, 0.3) is 5.56 Å². The van der Waals surface area contributed by atoms with Crippen molar-refractivity contribution in [1.29, 1.82) is 0 Å². The molecule has 0 N–H and O–H groups in total. The van der Waals surface area contributed by atoms with E-state index in [0.29, 0.717) is 29.7 Å². The molecule has 3 aromatic rings. The van der Waals surface area contributed by atoms with Gasteiger partial charge in [0.2, 0.25) is 5.78 Å². The lowest BCUT2D eigenvalue weighted by Crippen LogP contribution is -2.38. The molecule has 1 aliphatic rings. The highest BCUT2D eigenvalue weighted by Crippen LogP contribution is 2.45. The van der Waals surface area contributed by atoms with Crippen LogP contribution in [0.25, 0.3) is 16.9 Å². The molecule has 7 nitrogen and oxygen atoms in total. The van der Waals surface area contributed by atoms with Crippen LogP contribution in [0.2, 0.25) is 0 Å². The lowest BCUT2D eigenvalue weighted by Gasteiger charge is -2.40. The van der Waals surface area contributed by atoms with E-state index in [2.05, 4.69) is 32.3 Å². The lowest BCUT2D eigenvalue weighted by atomic mass is 9.70. The minimum Gasteiger partial charge on any atom is -0.311 e. The molecule has 3 aromatic heterocycles. The summed E-state index contributed by atoms with van der Waals surface area (Å²) in [5, 5.41) is 0. The first kappa shape index (κ1) is 19.0. The van der Waals surface area contributed by atoms with Crippen molar-refractivity contribution in [3.63, 3.8) is 0 Å². The zero-order valence-electron chi connectivity index (χ0n) is 18.0. The van der Waals surface area contributed by atoms with Crippen LogP contribution in [-0.2, 0) is 13.6 Å². The van der Waals surface area contributed by atoms with Gasteiger partial charge in [-0.25, -0.2) is 4.79 Å². The van der Waals surface area contributed by atoms with Gasteiger partial charge in [-0.15, -0.1) is 0 Å². The van der Waals surface area contributed by atoms with Crippen molar-refractivity contribution in [3.8, 4) is 0 Å². The molecule has 1 saturated carbocycles. The normalized spacial score (nSPS) is 22.4. The molecule has 0 unspecified atom stereocenters. The maximum absolute atomic E-state index is 13.1. The smallest absolute Gasteiger partial charge is 0.311 e. The predicted octanol–water partition coefficient (Wildman–Crippen LogP) is 3.17.